The van der Waals surface area contributed by atoms with Gasteiger partial charge in [-0.2, -0.15) is 0 Å². The molecule has 0 aliphatic heterocycles. The maximum Gasteiger partial charge on any atom is 0.111 e. The van der Waals surface area contributed by atoms with Gasteiger partial charge in [0.05, 0.1) is 5.70 Å². The summed E-state index contributed by atoms with van der Waals surface area (Å²) in [6.07, 6.45) is 6.23. The van der Waals surface area contributed by atoms with Crippen molar-refractivity contribution >= 4 is 17.8 Å². The van der Waals surface area contributed by atoms with Gasteiger partial charge < -0.3 is 4.31 Å². The molecule has 2 nitrogen and oxygen atoms in total. The first-order valence-electron chi connectivity index (χ1n) is 5.39. The fourth-order valence-corrected chi connectivity index (χ4v) is 1.58. The van der Waals surface area contributed by atoms with Crippen LogP contribution in [0, 0.1) is 0 Å². The van der Waals surface area contributed by atoms with Crippen LogP contribution >= 0.6 is 11.9 Å². The van der Waals surface area contributed by atoms with Gasteiger partial charge in [0.15, 0.2) is 0 Å². The molecule has 0 fully saturated rings. The number of nitrogens with zero attached hydrogens (tertiary/aromatic N) is 2. The number of hydrogen-bond acceptors (Lipinski definition) is 2. The van der Waals surface area contributed by atoms with Crippen LogP contribution in [0.2, 0.25) is 0 Å². The van der Waals surface area contributed by atoms with E-state index >= 15 is 0 Å². The number of allylic oxidation sites excluding steroid dienone is 2. The van der Waals surface area contributed by atoms with E-state index in [9.17, 15) is 0 Å². The predicted molar refractivity (Wildman–Crippen MR) is 72.2 cm³/mol. The lowest BCUT2D eigenvalue weighted by atomic mass is 10.3. The minimum Gasteiger partial charge on any atom is -0.307 e. The Balaban J connectivity index is 4.16. The molecule has 0 spiro atoms. The Morgan fingerprint density at radius 2 is 2.13 bits per heavy atom. The topological polar surface area (TPSA) is 15.6 Å². The predicted octanol–water partition coefficient (Wildman–Crippen LogP) is 3.87. The molecule has 0 radical (unpaired) electrons. The molecule has 86 valence electrons. The van der Waals surface area contributed by atoms with E-state index in [-0.39, 0.29) is 0 Å². The molecule has 3 heteroatoms. The van der Waals surface area contributed by atoms with E-state index in [1.54, 1.807) is 11.9 Å². The number of hydrogen-bond donors (Lipinski definition) is 0. The standard InChI is InChI=1S/C12H22N2S/c1-6-8-9-11(3)13-12(4)14(5)15-10-7-2/h8-9H,3,6-7,10H2,1-2,4-5H3/b9-8-,13-12?. The molecule has 0 saturated heterocycles. The van der Waals surface area contributed by atoms with Crippen LogP contribution in [0.15, 0.2) is 29.4 Å². The van der Waals surface area contributed by atoms with Gasteiger partial charge >= 0.3 is 0 Å². The Bertz CT molecular complexity index is 244. The summed E-state index contributed by atoms with van der Waals surface area (Å²) in [5.74, 6) is 2.12. The highest BCUT2D eigenvalue weighted by Crippen LogP contribution is 2.10. The van der Waals surface area contributed by atoms with Crippen molar-refractivity contribution < 1.29 is 0 Å². The highest BCUT2D eigenvalue weighted by molar-refractivity contribution is 7.97. The third kappa shape index (κ3) is 7.25. The molecule has 0 amide bonds. The lowest BCUT2D eigenvalue weighted by molar-refractivity contribution is 0.828. The summed E-state index contributed by atoms with van der Waals surface area (Å²) in [6, 6.07) is 0. The van der Waals surface area contributed by atoms with Crippen LogP contribution in [0.4, 0.5) is 0 Å². The van der Waals surface area contributed by atoms with E-state index in [1.165, 1.54) is 6.42 Å². The average Bonchev–Trinajstić information content (AvgIpc) is 2.22. The maximum atomic E-state index is 4.41. The highest BCUT2D eigenvalue weighted by atomic mass is 32.2. The summed E-state index contributed by atoms with van der Waals surface area (Å²) in [5, 5.41) is 0. The Hall–Kier alpha value is -0.700. The first kappa shape index (κ1) is 14.3. The molecule has 0 bridgehead atoms. The summed E-state index contributed by atoms with van der Waals surface area (Å²) >= 11 is 1.79. The van der Waals surface area contributed by atoms with Gasteiger partial charge in [-0.25, -0.2) is 4.99 Å². The molecule has 15 heavy (non-hydrogen) atoms. The number of rotatable bonds is 6. The Morgan fingerprint density at radius 3 is 2.67 bits per heavy atom. The van der Waals surface area contributed by atoms with Crippen LogP contribution in [0.3, 0.4) is 0 Å². The zero-order chi connectivity index (χ0) is 11.7. The van der Waals surface area contributed by atoms with Crippen molar-refractivity contribution in [3.63, 3.8) is 0 Å². The molecule has 0 rings (SSSR count). The van der Waals surface area contributed by atoms with Crippen molar-refractivity contribution in [2.75, 3.05) is 12.8 Å². The second-order valence-corrected chi connectivity index (χ2v) is 4.51. The molecule has 0 saturated carbocycles. The molecule has 0 heterocycles. The molecule has 0 N–H and O–H groups in total. The van der Waals surface area contributed by atoms with Crippen LogP contribution in [-0.2, 0) is 0 Å². The van der Waals surface area contributed by atoms with Crippen molar-refractivity contribution in [3.05, 3.63) is 24.4 Å². The highest BCUT2D eigenvalue weighted by Gasteiger charge is 2.00. The average molecular weight is 226 g/mol. The summed E-state index contributed by atoms with van der Waals surface area (Å²) < 4.78 is 2.09. The normalized spacial score (nSPS) is 12.1. The molecular weight excluding hydrogens is 204 g/mol. The molecule has 0 atom stereocenters. The van der Waals surface area contributed by atoms with Gasteiger partial charge in [-0.15, -0.1) is 0 Å². The molecule has 0 unspecified atom stereocenters. The molecule has 0 aliphatic carbocycles. The van der Waals surface area contributed by atoms with Gasteiger partial charge in [-0.1, -0.05) is 26.5 Å². The van der Waals surface area contributed by atoms with Gasteiger partial charge in [0.2, 0.25) is 0 Å². The van der Waals surface area contributed by atoms with Crippen LogP contribution in [0.5, 0.6) is 0 Å². The Kier molecular flexibility index (Phi) is 8.19. The molecule has 0 aliphatic rings. The van der Waals surface area contributed by atoms with Crippen LogP contribution in [-0.4, -0.2) is 22.9 Å². The quantitative estimate of drug-likeness (QED) is 0.296. The smallest absolute Gasteiger partial charge is 0.111 e. The SMILES string of the molecule is C=C(/C=C\CC)N=C(C)N(C)SCCC. The van der Waals surface area contributed by atoms with Crippen molar-refractivity contribution in [2.24, 2.45) is 4.99 Å². The van der Waals surface area contributed by atoms with Gasteiger partial charge in [0, 0.05) is 12.8 Å². The van der Waals surface area contributed by atoms with E-state index in [1.807, 2.05) is 20.0 Å². The molecule has 0 aromatic rings. The Morgan fingerprint density at radius 1 is 1.47 bits per heavy atom. The lowest BCUT2D eigenvalue weighted by Crippen LogP contribution is -2.16. The second kappa shape index (κ2) is 8.60. The van der Waals surface area contributed by atoms with E-state index in [4.69, 9.17) is 0 Å². The van der Waals surface area contributed by atoms with E-state index < -0.39 is 0 Å². The monoisotopic (exact) mass is 226 g/mol. The van der Waals surface area contributed by atoms with Crippen LogP contribution < -0.4 is 0 Å². The second-order valence-electron chi connectivity index (χ2n) is 3.29. The zero-order valence-electron chi connectivity index (χ0n) is 10.3. The van der Waals surface area contributed by atoms with Gasteiger partial charge in [-0.3, -0.25) is 0 Å². The van der Waals surface area contributed by atoms with Crippen LogP contribution in [0.25, 0.3) is 0 Å². The molecule has 0 aromatic carbocycles. The van der Waals surface area contributed by atoms with Gasteiger partial charge in [0.1, 0.15) is 5.84 Å². The first-order chi connectivity index (χ1) is 7.11. The largest absolute Gasteiger partial charge is 0.307 e. The minimum absolute atomic E-state index is 0.818. The lowest BCUT2D eigenvalue weighted by Gasteiger charge is -2.16. The van der Waals surface area contributed by atoms with E-state index in [2.05, 4.69) is 35.8 Å². The van der Waals surface area contributed by atoms with Crippen molar-refractivity contribution in [1.29, 1.82) is 0 Å². The third-order valence-corrected chi connectivity index (χ3v) is 3.04. The fraction of sp³-hybridized carbons (Fsp3) is 0.583. The fourth-order valence-electron chi connectivity index (χ4n) is 0.891. The number of aliphatic imine (C=N–C) groups is 1. The summed E-state index contributed by atoms with van der Waals surface area (Å²) in [6.45, 7) is 10.2. The molecular formula is C12H22N2S. The third-order valence-electron chi connectivity index (χ3n) is 1.80. The minimum atomic E-state index is 0.818. The maximum absolute atomic E-state index is 4.41. The van der Waals surface area contributed by atoms with Crippen LogP contribution in [0.1, 0.15) is 33.6 Å². The Labute approximate surface area is 98.3 Å². The number of amidine groups is 1. The molecule has 0 aromatic heterocycles. The first-order valence-corrected chi connectivity index (χ1v) is 6.33. The zero-order valence-corrected chi connectivity index (χ0v) is 11.1. The van der Waals surface area contributed by atoms with Crippen molar-refractivity contribution in [2.45, 2.75) is 33.6 Å². The van der Waals surface area contributed by atoms with Gasteiger partial charge in [0.25, 0.3) is 0 Å². The van der Waals surface area contributed by atoms with Gasteiger partial charge in [-0.05, 0) is 37.8 Å². The van der Waals surface area contributed by atoms with Crippen molar-refractivity contribution in [3.8, 4) is 0 Å². The summed E-state index contributed by atoms with van der Waals surface area (Å²) in [4.78, 5) is 4.41. The van der Waals surface area contributed by atoms with Crippen molar-refractivity contribution in [1.82, 2.24) is 4.31 Å². The van der Waals surface area contributed by atoms with E-state index in [0.717, 1.165) is 23.7 Å². The summed E-state index contributed by atoms with van der Waals surface area (Å²) in [7, 11) is 2.04. The summed E-state index contributed by atoms with van der Waals surface area (Å²) in [5.41, 5.74) is 0.818. The van der Waals surface area contributed by atoms with E-state index in [0.29, 0.717) is 0 Å².